The standard InChI is InChI=1S/C20H26N2O5/c1-6-9-16-17-14(12-26-22(16)19(24)25-5)13-10-7-8-11-15(13)21(17)18(23)27-20(2,3)4/h7-8,10-11,16H,6,9,12H2,1-5H3. The number of hydrogen-bond acceptors (Lipinski definition) is 5. The fraction of sp³-hybridized carbons (Fsp3) is 0.500. The second-order valence-electron chi connectivity index (χ2n) is 7.57. The fourth-order valence-electron chi connectivity index (χ4n) is 3.47. The van der Waals surface area contributed by atoms with Crippen molar-refractivity contribution in [3.8, 4) is 0 Å². The average molecular weight is 374 g/mol. The van der Waals surface area contributed by atoms with E-state index in [4.69, 9.17) is 14.3 Å². The third-order valence-electron chi connectivity index (χ3n) is 4.46. The monoisotopic (exact) mass is 374 g/mol. The van der Waals surface area contributed by atoms with Gasteiger partial charge in [-0.2, -0.15) is 5.06 Å². The van der Waals surface area contributed by atoms with Crippen LogP contribution in [0.2, 0.25) is 0 Å². The Labute approximate surface area is 158 Å². The molecule has 27 heavy (non-hydrogen) atoms. The Balaban J connectivity index is 2.22. The van der Waals surface area contributed by atoms with E-state index in [0.717, 1.165) is 28.6 Å². The molecule has 0 saturated carbocycles. The predicted octanol–water partition coefficient (Wildman–Crippen LogP) is 4.78. The Morgan fingerprint density at radius 3 is 2.56 bits per heavy atom. The van der Waals surface area contributed by atoms with E-state index in [9.17, 15) is 9.59 Å². The number of carbonyl (C=O) groups is 2. The summed E-state index contributed by atoms with van der Waals surface area (Å²) in [5.41, 5.74) is 1.73. The number of aromatic nitrogens is 1. The molecule has 1 aliphatic heterocycles. The molecule has 0 radical (unpaired) electrons. The smallest absolute Gasteiger partial charge is 0.434 e. The SMILES string of the molecule is CCCC1c2c(c3ccccc3n2C(=O)OC(C)(C)C)CON1C(=O)OC. The first-order chi connectivity index (χ1) is 12.8. The van der Waals surface area contributed by atoms with Crippen molar-refractivity contribution < 1.29 is 23.9 Å². The molecular formula is C20H26N2O5. The summed E-state index contributed by atoms with van der Waals surface area (Å²) < 4.78 is 12.1. The largest absolute Gasteiger partial charge is 0.451 e. The zero-order chi connectivity index (χ0) is 19.8. The van der Waals surface area contributed by atoms with Crippen molar-refractivity contribution in [1.29, 1.82) is 0 Å². The molecule has 2 aromatic rings. The van der Waals surface area contributed by atoms with E-state index in [0.29, 0.717) is 6.42 Å². The van der Waals surface area contributed by atoms with Gasteiger partial charge >= 0.3 is 12.2 Å². The number of para-hydroxylation sites is 1. The molecule has 7 heteroatoms. The van der Waals surface area contributed by atoms with Crippen LogP contribution in [-0.2, 0) is 20.9 Å². The lowest BCUT2D eigenvalue weighted by Gasteiger charge is -2.34. The molecule has 0 N–H and O–H groups in total. The number of carbonyl (C=O) groups excluding carboxylic acids is 2. The van der Waals surface area contributed by atoms with Crippen LogP contribution in [0.5, 0.6) is 0 Å². The van der Waals surface area contributed by atoms with Gasteiger partial charge in [0.15, 0.2) is 0 Å². The molecule has 0 aliphatic carbocycles. The van der Waals surface area contributed by atoms with E-state index < -0.39 is 23.8 Å². The van der Waals surface area contributed by atoms with E-state index in [2.05, 4.69) is 0 Å². The number of nitrogens with zero attached hydrogens (tertiary/aromatic N) is 2. The Kier molecular flexibility index (Phi) is 5.15. The van der Waals surface area contributed by atoms with Gasteiger partial charge in [0, 0.05) is 10.9 Å². The first-order valence-corrected chi connectivity index (χ1v) is 9.14. The summed E-state index contributed by atoms with van der Waals surface area (Å²) in [6.07, 6.45) is 0.380. The summed E-state index contributed by atoms with van der Waals surface area (Å²) >= 11 is 0. The van der Waals surface area contributed by atoms with Gasteiger partial charge in [0.25, 0.3) is 0 Å². The van der Waals surface area contributed by atoms with Gasteiger partial charge in [-0.15, -0.1) is 0 Å². The van der Waals surface area contributed by atoms with Crippen molar-refractivity contribution in [3.63, 3.8) is 0 Å². The highest BCUT2D eigenvalue weighted by Gasteiger charge is 2.39. The summed E-state index contributed by atoms with van der Waals surface area (Å²) in [5.74, 6) is 0. The molecule has 0 spiro atoms. The number of benzene rings is 1. The summed E-state index contributed by atoms with van der Waals surface area (Å²) in [6.45, 7) is 7.69. The molecule has 2 heterocycles. The Morgan fingerprint density at radius 2 is 1.93 bits per heavy atom. The lowest BCUT2D eigenvalue weighted by atomic mass is 10.0. The predicted molar refractivity (Wildman–Crippen MR) is 100 cm³/mol. The van der Waals surface area contributed by atoms with Crippen LogP contribution in [-0.4, -0.2) is 34.5 Å². The van der Waals surface area contributed by atoms with Gasteiger partial charge in [-0.1, -0.05) is 31.5 Å². The van der Waals surface area contributed by atoms with Crippen molar-refractivity contribution in [3.05, 3.63) is 35.5 Å². The van der Waals surface area contributed by atoms with Gasteiger partial charge in [-0.3, -0.25) is 4.84 Å². The van der Waals surface area contributed by atoms with Crippen LogP contribution in [0.3, 0.4) is 0 Å². The molecule has 1 amide bonds. The van der Waals surface area contributed by atoms with Crippen LogP contribution in [0.1, 0.15) is 57.8 Å². The van der Waals surface area contributed by atoms with E-state index in [1.807, 2.05) is 52.0 Å². The molecule has 0 bridgehead atoms. The van der Waals surface area contributed by atoms with Gasteiger partial charge in [0.1, 0.15) is 18.2 Å². The molecule has 1 aromatic carbocycles. The third-order valence-corrected chi connectivity index (χ3v) is 4.46. The average Bonchev–Trinajstić information content (AvgIpc) is 2.95. The maximum absolute atomic E-state index is 13.1. The highest BCUT2D eigenvalue weighted by Crippen LogP contribution is 2.40. The van der Waals surface area contributed by atoms with Crippen LogP contribution in [0, 0.1) is 0 Å². The number of hydrogen-bond donors (Lipinski definition) is 0. The van der Waals surface area contributed by atoms with Crippen LogP contribution in [0.15, 0.2) is 24.3 Å². The van der Waals surface area contributed by atoms with Crippen molar-refractivity contribution in [2.45, 2.75) is 58.8 Å². The van der Waals surface area contributed by atoms with Gasteiger partial charge in [0.2, 0.25) is 0 Å². The first-order valence-electron chi connectivity index (χ1n) is 9.14. The molecule has 0 saturated heterocycles. The molecule has 3 rings (SSSR count). The van der Waals surface area contributed by atoms with Gasteiger partial charge in [0.05, 0.1) is 18.3 Å². The number of ether oxygens (including phenoxy) is 2. The molecule has 1 aromatic heterocycles. The summed E-state index contributed by atoms with van der Waals surface area (Å²) in [5, 5.41) is 2.15. The Morgan fingerprint density at radius 1 is 1.22 bits per heavy atom. The normalized spacial score (nSPS) is 16.9. The van der Waals surface area contributed by atoms with E-state index in [-0.39, 0.29) is 6.61 Å². The summed E-state index contributed by atoms with van der Waals surface area (Å²) in [6, 6.07) is 7.19. The molecule has 7 nitrogen and oxygen atoms in total. The number of methoxy groups -OCH3 is 1. The van der Waals surface area contributed by atoms with Crippen molar-refractivity contribution in [2.24, 2.45) is 0 Å². The molecule has 146 valence electrons. The van der Waals surface area contributed by atoms with Crippen LogP contribution in [0.25, 0.3) is 10.9 Å². The minimum absolute atomic E-state index is 0.182. The highest BCUT2D eigenvalue weighted by atomic mass is 16.7. The lowest BCUT2D eigenvalue weighted by Crippen LogP contribution is -2.40. The van der Waals surface area contributed by atoms with Crippen LogP contribution >= 0.6 is 0 Å². The topological polar surface area (TPSA) is 70.0 Å². The quantitative estimate of drug-likeness (QED) is 0.757. The number of fused-ring (bicyclic) bond motifs is 3. The molecule has 0 fully saturated rings. The van der Waals surface area contributed by atoms with Crippen molar-refractivity contribution in [2.75, 3.05) is 7.11 Å². The highest BCUT2D eigenvalue weighted by molar-refractivity contribution is 5.94. The molecule has 1 aliphatic rings. The lowest BCUT2D eigenvalue weighted by molar-refractivity contribution is -0.183. The number of hydroxylamine groups is 2. The van der Waals surface area contributed by atoms with E-state index in [1.54, 1.807) is 4.57 Å². The second-order valence-corrected chi connectivity index (χ2v) is 7.57. The first kappa shape index (κ1) is 19.2. The van der Waals surface area contributed by atoms with E-state index >= 15 is 0 Å². The molecule has 1 unspecified atom stereocenters. The maximum atomic E-state index is 13.1. The minimum atomic E-state index is -0.636. The van der Waals surface area contributed by atoms with Crippen LogP contribution < -0.4 is 0 Å². The number of rotatable bonds is 2. The van der Waals surface area contributed by atoms with Gasteiger partial charge in [-0.05, 0) is 33.3 Å². The fourth-order valence-corrected chi connectivity index (χ4v) is 3.47. The van der Waals surface area contributed by atoms with E-state index in [1.165, 1.54) is 12.2 Å². The molecular weight excluding hydrogens is 348 g/mol. The minimum Gasteiger partial charge on any atom is -0.451 e. The zero-order valence-corrected chi connectivity index (χ0v) is 16.4. The van der Waals surface area contributed by atoms with Crippen molar-refractivity contribution >= 4 is 23.1 Å². The van der Waals surface area contributed by atoms with Crippen LogP contribution in [0.4, 0.5) is 9.59 Å². The molecule has 1 atom stereocenters. The Hall–Kier alpha value is -2.54. The summed E-state index contributed by atoms with van der Waals surface area (Å²) in [4.78, 5) is 31.0. The summed E-state index contributed by atoms with van der Waals surface area (Å²) in [7, 11) is 1.31. The number of amides is 1. The maximum Gasteiger partial charge on any atom is 0.434 e. The zero-order valence-electron chi connectivity index (χ0n) is 16.4. The Bertz CT molecular complexity index is 865. The second kappa shape index (κ2) is 7.23. The third kappa shape index (κ3) is 3.51. The van der Waals surface area contributed by atoms with Gasteiger partial charge < -0.3 is 9.47 Å². The van der Waals surface area contributed by atoms with Gasteiger partial charge in [-0.25, -0.2) is 14.2 Å². The van der Waals surface area contributed by atoms with Crippen molar-refractivity contribution in [1.82, 2.24) is 9.63 Å².